The third-order valence-corrected chi connectivity index (χ3v) is 5.42. The minimum absolute atomic E-state index is 0.159. The molecule has 2 aromatic rings. The Bertz CT molecular complexity index is 799. The number of aromatic nitrogens is 1. The van der Waals surface area contributed by atoms with Gasteiger partial charge in [-0.2, -0.15) is 0 Å². The molecular formula is C23H30N2O5. The van der Waals surface area contributed by atoms with Crippen molar-refractivity contribution < 1.29 is 24.1 Å². The number of methoxy groups -OCH3 is 1. The number of rotatable bonds is 9. The Morgan fingerprint density at radius 2 is 1.90 bits per heavy atom. The van der Waals surface area contributed by atoms with E-state index in [0.717, 1.165) is 18.4 Å². The number of benzene rings is 1. The van der Waals surface area contributed by atoms with Gasteiger partial charge in [-0.1, -0.05) is 6.07 Å². The number of amides is 1. The number of aryl methyl sites for hydroxylation is 1. The predicted octanol–water partition coefficient (Wildman–Crippen LogP) is 3.10. The molecule has 0 unspecified atom stereocenters. The number of aliphatic hydroxyl groups is 1. The summed E-state index contributed by atoms with van der Waals surface area (Å²) >= 11 is 0. The van der Waals surface area contributed by atoms with E-state index in [1.807, 2.05) is 19.1 Å². The van der Waals surface area contributed by atoms with Crippen LogP contribution >= 0.6 is 0 Å². The average Bonchev–Trinajstić information content (AvgIpc) is 2.77. The third-order valence-electron chi connectivity index (χ3n) is 5.42. The molecular weight excluding hydrogens is 384 g/mol. The summed E-state index contributed by atoms with van der Waals surface area (Å²) in [6.07, 6.45) is 4.75. The van der Waals surface area contributed by atoms with Crippen molar-refractivity contribution in [3.63, 3.8) is 0 Å². The molecule has 1 heterocycles. The van der Waals surface area contributed by atoms with Crippen LogP contribution in [0.4, 0.5) is 0 Å². The first-order chi connectivity index (χ1) is 14.5. The van der Waals surface area contributed by atoms with Crippen LogP contribution in [0.2, 0.25) is 0 Å². The van der Waals surface area contributed by atoms with Gasteiger partial charge < -0.3 is 24.6 Å². The molecule has 1 aromatic heterocycles. The number of hydrogen-bond donors (Lipinski definition) is 2. The smallest absolute Gasteiger partial charge is 0.251 e. The van der Waals surface area contributed by atoms with Crippen LogP contribution in [0, 0.1) is 12.8 Å². The van der Waals surface area contributed by atoms with Crippen molar-refractivity contribution in [3.8, 4) is 11.6 Å². The molecule has 0 radical (unpaired) electrons. The summed E-state index contributed by atoms with van der Waals surface area (Å²) in [7, 11) is 1.55. The van der Waals surface area contributed by atoms with E-state index in [-0.39, 0.29) is 19.2 Å². The molecule has 3 rings (SSSR count). The lowest BCUT2D eigenvalue weighted by Crippen LogP contribution is -2.45. The van der Waals surface area contributed by atoms with E-state index in [1.165, 1.54) is 0 Å². The number of carbonyl (C=O) groups excluding carboxylic acids is 1. The van der Waals surface area contributed by atoms with Gasteiger partial charge in [-0.3, -0.25) is 4.79 Å². The van der Waals surface area contributed by atoms with Gasteiger partial charge in [0.25, 0.3) is 5.91 Å². The van der Waals surface area contributed by atoms with Crippen molar-refractivity contribution >= 4 is 5.91 Å². The molecule has 7 heteroatoms. The van der Waals surface area contributed by atoms with Gasteiger partial charge in [-0.05, 0) is 68.4 Å². The fourth-order valence-corrected chi connectivity index (χ4v) is 3.48. The zero-order chi connectivity index (χ0) is 21.4. The normalized spacial score (nSPS) is 21.1. The van der Waals surface area contributed by atoms with Gasteiger partial charge in [0.2, 0.25) is 5.88 Å². The molecule has 1 aliphatic rings. The van der Waals surface area contributed by atoms with Gasteiger partial charge in [-0.15, -0.1) is 0 Å². The Labute approximate surface area is 177 Å². The average molecular weight is 415 g/mol. The quantitative estimate of drug-likeness (QED) is 0.613. The molecule has 0 saturated heterocycles. The van der Waals surface area contributed by atoms with Gasteiger partial charge in [0.1, 0.15) is 5.75 Å². The molecule has 1 aliphatic carbocycles. The van der Waals surface area contributed by atoms with Crippen LogP contribution in [-0.2, 0) is 4.74 Å². The molecule has 30 heavy (non-hydrogen) atoms. The van der Waals surface area contributed by atoms with Crippen molar-refractivity contribution in [1.29, 1.82) is 0 Å². The van der Waals surface area contributed by atoms with Gasteiger partial charge >= 0.3 is 0 Å². The SMILES string of the molecule is COCOc1ccc(C(=O)NCC2(O)CCC(COc3ccc(C)cn3)CC2)cc1. The maximum Gasteiger partial charge on any atom is 0.251 e. The van der Waals surface area contributed by atoms with Crippen LogP contribution in [0.15, 0.2) is 42.6 Å². The summed E-state index contributed by atoms with van der Waals surface area (Å²) in [6, 6.07) is 10.7. The minimum atomic E-state index is -0.879. The topological polar surface area (TPSA) is 89.9 Å². The fraction of sp³-hybridized carbons (Fsp3) is 0.478. The van der Waals surface area contributed by atoms with E-state index in [4.69, 9.17) is 14.2 Å². The van der Waals surface area contributed by atoms with Crippen LogP contribution in [0.1, 0.15) is 41.6 Å². The summed E-state index contributed by atoms with van der Waals surface area (Å²) in [5, 5.41) is 13.7. The molecule has 7 nitrogen and oxygen atoms in total. The van der Waals surface area contributed by atoms with Crippen LogP contribution in [0.5, 0.6) is 11.6 Å². The Hall–Kier alpha value is -2.64. The molecule has 0 atom stereocenters. The number of hydrogen-bond acceptors (Lipinski definition) is 6. The number of ether oxygens (including phenoxy) is 3. The van der Waals surface area contributed by atoms with Crippen LogP contribution in [-0.4, -0.2) is 48.7 Å². The summed E-state index contributed by atoms with van der Waals surface area (Å²) in [6.45, 7) is 2.98. The summed E-state index contributed by atoms with van der Waals surface area (Å²) in [5.41, 5.74) is 0.744. The Morgan fingerprint density at radius 3 is 2.53 bits per heavy atom. The highest BCUT2D eigenvalue weighted by Gasteiger charge is 2.33. The lowest BCUT2D eigenvalue weighted by Gasteiger charge is -2.36. The highest BCUT2D eigenvalue weighted by Crippen LogP contribution is 2.32. The van der Waals surface area contributed by atoms with Gasteiger partial charge in [-0.25, -0.2) is 4.98 Å². The number of nitrogens with zero attached hydrogens (tertiary/aromatic N) is 1. The summed E-state index contributed by atoms with van der Waals surface area (Å²) < 4.78 is 15.9. The van der Waals surface area contributed by atoms with Crippen molar-refractivity contribution in [2.24, 2.45) is 5.92 Å². The predicted molar refractivity (Wildman–Crippen MR) is 113 cm³/mol. The van der Waals surface area contributed by atoms with Gasteiger partial charge in [0.15, 0.2) is 6.79 Å². The maximum atomic E-state index is 12.4. The van der Waals surface area contributed by atoms with Crippen molar-refractivity contribution in [1.82, 2.24) is 10.3 Å². The van der Waals surface area contributed by atoms with Crippen molar-refractivity contribution in [2.45, 2.75) is 38.2 Å². The largest absolute Gasteiger partial charge is 0.477 e. The lowest BCUT2D eigenvalue weighted by molar-refractivity contribution is -0.0131. The van der Waals surface area contributed by atoms with E-state index in [2.05, 4.69) is 10.3 Å². The minimum Gasteiger partial charge on any atom is -0.477 e. The zero-order valence-electron chi connectivity index (χ0n) is 17.6. The van der Waals surface area contributed by atoms with Gasteiger partial charge in [0, 0.05) is 31.5 Å². The first-order valence-electron chi connectivity index (χ1n) is 10.3. The molecule has 0 aliphatic heterocycles. The number of carbonyl (C=O) groups is 1. The summed E-state index contributed by atoms with van der Waals surface area (Å²) in [5.74, 6) is 1.43. The van der Waals surface area contributed by atoms with Gasteiger partial charge in [0.05, 0.1) is 12.2 Å². The zero-order valence-corrected chi connectivity index (χ0v) is 17.6. The van der Waals surface area contributed by atoms with Crippen LogP contribution in [0.3, 0.4) is 0 Å². The molecule has 0 bridgehead atoms. The highest BCUT2D eigenvalue weighted by atomic mass is 16.7. The van der Waals surface area contributed by atoms with E-state index in [1.54, 1.807) is 37.6 Å². The van der Waals surface area contributed by atoms with Crippen molar-refractivity contribution in [3.05, 3.63) is 53.7 Å². The molecule has 0 spiro atoms. The second kappa shape index (κ2) is 10.4. The van der Waals surface area contributed by atoms with E-state index in [9.17, 15) is 9.90 Å². The molecule has 1 amide bonds. The first kappa shape index (κ1) is 22.1. The highest BCUT2D eigenvalue weighted by molar-refractivity contribution is 5.94. The third kappa shape index (κ3) is 6.43. The van der Waals surface area contributed by atoms with Crippen LogP contribution < -0.4 is 14.8 Å². The molecule has 1 fully saturated rings. The second-order valence-corrected chi connectivity index (χ2v) is 7.91. The molecule has 1 saturated carbocycles. The standard InChI is InChI=1S/C23H30N2O5/c1-17-3-8-21(24-13-17)29-14-18-9-11-23(27,12-10-18)15-25-22(26)19-4-6-20(7-5-19)30-16-28-2/h3-8,13,18,27H,9-12,14-16H2,1-2H3,(H,25,26). The van der Waals surface area contributed by atoms with Crippen molar-refractivity contribution in [2.75, 3.05) is 27.1 Å². The number of pyridine rings is 1. The molecule has 162 valence electrons. The Morgan fingerprint density at radius 1 is 1.17 bits per heavy atom. The monoisotopic (exact) mass is 414 g/mol. The first-order valence-corrected chi connectivity index (χ1v) is 10.3. The van der Waals surface area contributed by atoms with Crippen LogP contribution in [0.25, 0.3) is 0 Å². The summed E-state index contributed by atoms with van der Waals surface area (Å²) in [4.78, 5) is 16.6. The lowest BCUT2D eigenvalue weighted by atomic mass is 9.79. The Kier molecular flexibility index (Phi) is 7.65. The van der Waals surface area contributed by atoms with E-state index >= 15 is 0 Å². The fourth-order valence-electron chi connectivity index (χ4n) is 3.48. The number of nitrogens with one attached hydrogen (secondary N) is 1. The molecule has 2 N–H and O–H groups in total. The maximum absolute atomic E-state index is 12.4. The second-order valence-electron chi connectivity index (χ2n) is 7.91. The van der Waals surface area contributed by atoms with E-state index < -0.39 is 5.60 Å². The Balaban J connectivity index is 1.40. The van der Waals surface area contributed by atoms with E-state index in [0.29, 0.717) is 42.6 Å². The molecule has 1 aromatic carbocycles.